The van der Waals surface area contributed by atoms with Gasteiger partial charge in [0.1, 0.15) is 11.6 Å². The zero-order valence-corrected chi connectivity index (χ0v) is 8.63. The fraction of sp³-hybridized carbons (Fsp3) is 0.833. The van der Waals surface area contributed by atoms with Gasteiger partial charge >= 0.3 is 0 Å². The van der Waals surface area contributed by atoms with Crippen molar-refractivity contribution in [2.75, 3.05) is 0 Å². The van der Waals surface area contributed by atoms with Crippen molar-refractivity contribution in [1.82, 2.24) is 0 Å². The molecule has 2 nitrogen and oxygen atoms in total. The molecule has 2 heteroatoms. The minimum absolute atomic E-state index is 0.339. The molecule has 2 rings (SSSR count). The topological polar surface area (TPSA) is 34.1 Å². The van der Waals surface area contributed by atoms with Gasteiger partial charge in [-0.2, -0.15) is 0 Å². The van der Waals surface area contributed by atoms with E-state index in [-0.39, 0.29) is 0 Å². The van der Waals surface area contributed by atoms with Crippen LogP contribution in [0.3, 0.4) is 0 Å². The van der Waals surface area contributed by atoms with Crippen LogP contribution in [0.2, 0.25) is 0 Å². The Morgan fingerprint density at radius 2 is 1.93 bits per heavy atom. The van der Waals surface area contributed by atoms with Crippen molar-refractivity contribution in [2.24, 2.45) is 11.8 Å². The third-order valence-corrected chi connectivity index (χ3v) is 3.70. The normalized spacial score (nSPS) is 32.9. The monoisotopic (exact) mass is 194 g/mol. The van der Waals surface area contributed by atoms with Crippen LogP contribution >= 0.6 is 0 Å². The molecule has 0 aromatic rings. The number of hydrogen-bond donors (Lipinski definition) is 0. The number of ketones is 2. The molecule has 0 saturated heterocycles. The average molecular weight is 194 g/mol. The minimum atomic E-state index is 0.339. The maximum Gasteiger partial charge on any atom is 0.135 e. The summed E-state index contributed by atoms with van der Waals surface area (Å²) in [4.78, 5) is 22.4. The fourth-order valence-corrected chi connectivity index (χ4v) is 2.77. The van der Waals surface area contributed by atoms with Gasteiger partial charge in [0, 0.05) is 25.2 Å². The SMILES string of the molecule is O=C1CCC(CCC2CCCC2=O)C1. The first-order chi connectivity index (χ1) is 6.75. The Labute approximate surface area is 85.1 Å². The van der Waals surface area contributed by atoms with Crippen molar-refractivity contribution in [1.29, 1.82) is 0 Å². The first kappa shape index (κ1) is 9.88. The molecule has 0 aliphatic heterocycles. The lowest BCUT2D eigenvalue weighted by Crippen LogP contribution is -2.08. The van der Waals surface area contributed by atoms with E-state index in [0.29, 0.717) is 23.4 Å². The smallest absolute Gasteiger partial charge is 0.135 e. The van der Waals surface area contributed by atoms with Crippen LogP contribution in [0, 0.1) is 11.8 Å². The summed E-state index contributed by atoms with van der Waals surface area (Å²) in [6.45, 7) is 0. The zero-order chi connectivity index (χ0) is 9.97. The maximum absolute atomic E-state index is 11.4. The number of carbonyl (C=O) groups is 2. The first-order valence-corrected chi connectivity index (χ1v) is 5.80. The lowest BCUT2D eigenvalue weighted by molar-refractivity contribution is -0.120. The van der Waals surface area contributed by atoms with Crippen LogP contribution in [0.25, 0.3) is 0 Å². The Hall–Kier alpha value is -0.660. The van der Waals surface area contributed by atoms with Gasteiger partial charge in [-0.15, -0.1) is 0 Å². The van der Waals surface area contributed by atoms with Crippen molar-refractivity contribution in [2.45, 2.75) is 51.4 Å². The number of Topliss-reactive ketones (excluding diaryl/α,β-unsaturated/α-hetero) is 2. The molecular weight excluding hydrogens is 176 g/mol. The molecule has 2 atom stereocenters. The largest absolute Gasteiger partial charge is 0.300 e. The van der Waals surface area contributed by atoms with Crippen molar-refractivity contribution in [3.8, 4) is 0 Å². The summed E-state index contributed by atoms with van der Waals surface area (Å²) in [5, 5.41) is 0. The van der Waals surface area contributed by atoms with Gasteiger partial charge in [-0.1, -0.05) is 0 Å². The Bertz CT molecular complexity index is 245. The highest BCUT2D eigenvalue weighted by Gasteiger charge is 2.27. The van der Waals surface area contributed by atoms with E-state index in [1.807, 2.05) is 0 Å². The van der Waals surface area contributed by atoms with Gasteiger partial charge in [-0.05, 0) is 38.0 Å². The molecule has 2 fully saturated rings. The second-order valence-electron chi connectivity index (χ2n) is 4.78. The van der Waals surface area contributed by atoms with Crippen LogP contribution in [0.15, 0.2) is 0 Å². The van der Waals surface area contributed by atoms with Crippen LogP contribution in [0.4, 0.5) is 0 Å². The Morgan fingerprint density at radius 1 is 1.07 bits per heavy atom. The third kappa shape index (κ3) is 2.23. The van der Waals surface area contributed by atoms with Crippen LogP contribution in [0.1, 0.15) is 51.4 Å². The second kappa shape index (κ2) is 4.24. The molecule has 0 heterocycles. The van der Waals surface area contributed by atoms with E-state index in [9.17, 15) is 9.59 Å². The summed E-state index contributed by atoms with van der Waals surface area (Å²) < 4.78 is 0. The molecular formula is C12H18O2. The van der Waals surface area contributed by atoms with Crippen LogP contribution in [-0.2, 0) is 9.59 Å². The van der Waals surface area contributed by atoms with Gasteiger partial charge in [0.2, 0.25) is 0 Å². The summed E-state index contributed by atoms with van der Waals surface area (Å²) >= 11 is 0. The minimum Gasteiger partial charge on any atom is -0.300 e. The van der Waals surface area contributed by atoms with E-state index in [0.717, 1.165) is 51.4 Å². The summed E-state index contributed by atoms with van der Waals surface area (Å²) in [6, 6.07) is 0. The molecule has 0 spiro atoms. The lowest BCUT2D eigenvalue weighted by atomic mass is 9.93. The average Bonchev–Trinajstić information content (AvgIpc) is 2.72. The summed E-state index contributed by atoms with van der Waals surface area (Å²) in [7, 11) is 0. The van der Waals surface area contributed by atoms with Gasteiger partial charge in [0.25, 0.3) is 0 Å². The van der Waals surface area contributed by atoms with Crippen LogP contribution in [-0.4, -0.2) is 11.6 Å². The van der Waals surface area contributed by atoms with Gasteiger partial charge in [-0.25, -0.2) is 0 Å². The molecule has 0 bridgehead atoms. The predicted molar refractivity (Wildman–Crippen MR) is 53.9 cm³/mol. The molecule has 0 aromatic carbocycles. The number of hydrogen-bond acceptors (Lipinski definition) is 2. The van der Waals surface area contributed by atoms with Crippen LogP contribution < -0.4 is 0 Å². The zero-order valence-electron chi connectivity index (χ0n) is 8.63. The third-order valence-electron chi connectivity index (χ3n) is 3.70. The van der Waals surface area contributed by atoms with E-state index in [2.05, 4.69) is 0 Å². The highest BCUT2D eigenvalue weighted by atomic mass is 16.1. The molecule has 0 amide bonds. The predicted octanol–water partition coefficient (Wildman–Crippen LogP) is 2.51. The van der Waals surface area contributed by atoms with E-state index in [4.69, 9.17) is 0 Å². The van der Waals surface area contributed by atoms with Crippen molar-refractivity contribution in [3.63, 3.8) is 0 Å². The summed E-state index contributed by atoms with van der Waals surface area (Å²) in [6.07, 6.45) is 7.75. The molecule has 14 heavy (non-hydrogen) atoms. The molecule has 0 N–H and O–H groups in total. The first-order valence-electron chi connectivity index (χ1n) is 5.80. The molecule has 2 saturated carbocycles. The standard InChI is InChI=1S/C12H18O2/c13-11-7-5-9(8-11)4-6-10-2-1-3-12(10)14/h9-10H,1-8H2. The molecule has 0 radical (unpaired) electrons. The van der Waals surface area contributed by atoms with Gasteiger partial charge in [-0.3, -0.25) is 9.59 Å². The Morgan fingerprint density at radius 3 is 2.50 bits per heavy atom. The molecule has 78 valence electrons. The Kier molecular flexibility index (Phi) is 2.99. The van der Waals surface area contributed by atoms with Gasteiger partial charge < -0.3 is 0 Å². The maximum atomic E-state index is 11.4. The second-order valence-corrected chi connectivity index (χ2v) is 4.78. The van der Waals surface area contributed by atoms with Crippen molar-refractivity contribution >= 4 is 11.6 Å². The molecule has 0 aromatic heterocycles. The quantitative estimate of drug-likeness (QED) is 0.691. The number of carbonyl (C=O) groups excluding carboxylic acids is 2. The van der Waals surface area contributed by atoms with Crippen molar-refractivity contribution in [3.05, 3.63) is 0 Å². The molecule has 2 aliphatic rings. The van der Waals surface area contributed by atoms with Crippen LogP contribution in [0.5, 0.6) is 0 Å². The summed E-state index contributed by atoms with van der Waals surface area (Å²) in [5.41, 5.74) is 0. The lowest BCUT2D eigenvalue weighted by Gasteiger charge is -2.11. The van der Waals surface area contributed by atoms with E-state index < -0.39 is 0 Å². The van der Waals surface area contributed by atoms with E-state index in [1.54, 1.807) is 0 Å². The van der Waals surface area contributed by atoms with Gasteiger partial charge in [0.15, 0.2) is 0 Å². The van der Waals surface area contributed by atoms with Crippen molar-refractivity contribution < 1.29 is 9.59 Å². The van der Waals surface area contributed by atoms with E-state index >= 15 is 0 Å². The fourth-order valence-electron chi connectivity index (χ4n) is 2.77. The number of rotatable bonds is 3. The van der Waals surface area contributed by atoms with Gasteiger partial charge in [0.05, 0.1) is 0 Å². The highest BCUT2D eigenvalue weighted by Crippen LogP contribution is 2.31. The molecule has 2 unspecified atom stereocenters. The van der Waals surface area contributed by atoms with E-state index in [1.165, 1.54) is 0 Å². The summed E-state index contributed by atoms with van der Waals surface area (Å²) in [5.74, 6) is 1.82. The highest BCUT2D eigenvalue weighted by molar-refractivity contribution is 5.83. The molecule has 2 aliphatic carbocycles. The Balaban J connectivity index is 1.71.